The zero-order valence-electron chi connectivity index (χ0n) is 10.9. The van der Waals surface area contributed by atoms with Gasteiger partial charge in [-0.3, -0.25) is 4.79 Å². The maximum atomic E-state index is 12.5. The summed E-state index contributed by atoms with van der Waals surface area (Å²) >= 11 is 3.38. The Morgan fingerprint density at radius 2 is 2.00 bits per heavy atom. The monoisotopic (exact) mass is 318 g/mol. The zero-order chi connectivity index (χ0) is 13.8. The molecule has 0 aliphatic carbocycles. The van der Waals surface area contributed by atoms with Gasteiger partial charge in [0.05, 0.1) is 12.2 Å². The van der Waals surface area contributed by atoms with E-state index in [1.807, 2.05) is 56.3 Å². The highest BCUT2D eigenvalue weighted by molar-refractivity contribution is 9.10. The fourth-order valence-corrected chi connectivity index (χ4v) is 2.29. The number of hydrogen-bond acceptors (Lipinski definition) is 2. The number of rotatable bonds is 4. The molecule has 2 aromatic rings. The third-order valence-corrected chi connectivity index (χ3v) is 3.26. The Morgan fingerprint density at radius 3 is 2.68 bits per heavy atom. The van der Waals surface area contributed by atoms with E-state index < -0.39 is 0 Å². The van der Waals surface area contributed by atoms with Gasteiger partial charge in [0.2, 0.25) is 0 Å². The van der Waals surface area contributed by atoms with Crippen LogP contribution in [0, 0.1) is 6.92 Å². The molecule has 0 aliphatic heterocycles. The van der Waals surface area contributed by atoms with Gasteiger partial charge in [-0.2, -0.15) is 0 Å². The molecule has 3 heteroatoms. The van der Waals surface area contributed by atoms with Crippen LogP contribution < -0.4 is 4.74 Å². The molecule has 19 heavy (non-hydrogen) atoms. The second-order valence-electron chi connectivity index (χ2n) is 4.27. The predicted molar refractivity (Wildman–Crippen MR) is 79.9 cm³/mol. The van der Waals surface area contributed by atoms with Crippen LogP contribution in [0.25, 0.3) is 0 Å². The molecule has 0 atom stereocenters. The van der Waals surface area contributed by atoms with Crippen LogP contribution in [0.4, 0.5) is 0 Å². The number of aryl methyl sites for hydroxylation is 1. The molecule has 0 fully saturated rings. The van der Waals surface area contributed by atoms with E-state index in [2.05, 4.69) is 15.9 Å². The Kier molecular flexibility index (Phi) is 4.38. The SMILES string of the molecule is CCOc1ccc(C)cc1C(=O)c1cccc(Br)c1. The number of hydrogen-bond donors (Lipinski definition) is 0. The van der Waals surface area contributed by atoms with Crippen molar-refractivity contribution in [2.45, 2.75) is 13.8 Å². The third-order valence-electron chi connectivity index (χ3n) is 2.77. The van der Waals surface area contributed by atoms with E-state index >= 15 is 0 Å². The van der Waals surface area contributed by atoms with E-state index in [9.17, 15) is 4.79 Å². The number of ketones is 1. The third kappa shape index (κ3) is 3.24. The van der Waals surface area contributed by atoms with E-state index in [0.717, 1.165) is 10.0 Å². The van der Waals surface area contributed by atoms with Crippen molar-refractivity contribution >= 4 is 21.7 Å². The molecule has 0 heterocycles. The number of carbonyl (C=O) groups is 1. The van der Waals surface area contributed by atoms with Gasteiger partial charge in [0.25, 0.3) is 0 Å². The van der Waals surface area contributed by atoms with Crippen molar-refractivity contribution in [3.8, 4) is 5.75 Å². The molecule has 0 amide bonds. The quantitative estimate of drug-likeness (QED) is 0.782. The molecule has 2 rings (SSSR count). The number of benzene rings is 2. The lowest BCUT2D eigenvalue weighted by atomic mass is 10.0. The van der Waals surface area contributed by atoms with Crippen molar-refractivity contribution in [1.29, 1.82) is 0 Å². The maximum Gasteiger partial charge on any atom is 0.196 e. The summed E-state index contributed by atoms with van der Waals surface area (Å²) in [5, 5.41) is 0. The van der Waals surface area contributed by atoms with Gasteiger partial charge in [-0.25, -0.2) is 0 Å². The molecule has 2 nitrogen and oxygen atoms in total. The summed E-state index contributed by atoms with van der Waals surface area (Å²) in [5.74, 6) is 0.617. The molecule has 0 spiro atoms. The highest BCUT2D eigenvalue weighted by Gasteiger charge is 2.15. The van der Waals surface area contributed by atoms with Crippen LogP contribution in [0.2, 0.25) is 0 Å². The van der Waals surface area contributed by atoms with Crippen LogP contribution in [0.15, 0.2) is 46.9 Å². The van der Waals surface area contributed by atoms with E-state index in [1.165, 1.54) is 0 Å². The summed E-state index contributed by atoms with van der Waals surface area (Å²) in [6.07, 6.45) is 0. The molecule has 0 aliphatic rings. The van der Waals surface area contributed by atoms with Gasteiger partial charge in [0, 0.05) is 10.0 Å². The molecule has 0 unspecified atom stereocenters. The average molecular weight is 319 g/mol. The minimum atomic E-state index is -0.0200. The van der Waals surface area contributed by atoms with Gasteiger partial charge in [0.15, 0.2) is 5.78 Å². The minimum Gasteiger partial charge on any atom is -0.493 e. The maximum absolute atomic E-state index is 12.5. The van der Waals surface area contributed by atoms with Crippen molar-refractivity contribution in [3.05, 3.63) is 63.6 Å². The van der Waals surface area contributed by atoms with Crippen molar-refractivity contribution in [2.24, 2.45) is 0 Å². The summed E-state index contributed by atoms with van der Waals surface area (Å²) in [6, 6.07) is 13.1. The van der Waals surface area contributed by atoms with Crippen molar-refractivity contribution in [1.82, 2.24) is 0 Å². The lowest BCUT2D eigenvalue weighted by molar-refractivity contribution is 0.103. The van der Waals surface area contributed by atoms with Crippen molar-refractivity contribution in [3.63, 3.8) is 0 Å². The van der Waals surface area contributed by atoms with E-state index in [1.54, 1.807) is 0 Å². The molecule has 98 valence electrons. The van der Waals surface area contributed by atoms with Crippen LogP contribution in [0.5, 0.6) is 5.75 Å². The number of ether oxygens (including phenoxy) is 1. The van der Waals surface area contributed by atoms with Crippen LogP contribution >= 0.6 is 15.9 Å². The number of halogens is 1. The molecule has 0 aromatic heterocycles. The van der Waals surface area contributed by atoms with E-state index in [4.69, 9.17) is 4.74 Å². The Labute approximate surface area is 121 Å². The molecular weight excluding hydrogens is 304 g/mol. The highest BCUT2D eigenvalue weighted by atomic mass is 79.9. The Bertz CT molecular complexity index is 605. The zero-order valence-corrected chi connectivity index (χ0v) is 12.5. The van der Waals surface area contributed by atoms with Gasteiger partial charge >= 0.3 is 0 Å². The van der Waals surface area contributed by atoms with Gasteiger partial charge in [-0.05, 0) is 38.1 Å². The van der Waals surface area contributed by atoms with Crippen molar-refractivity contribution in [2.75, 3.05) is 6.61 Å². The normalized spacial score (nSPS) is 10.3. The fourth-order valence-electron chi connectivity index (χ4n) is 1.89. The lowest BCUT2D eigenvalue weighted by Crippen LogP contribution is -2.06. The summed E-state index contributed by atoms with van der Waals surface area (Å²) in [4.78, 5) is 12.5. The second-order valence-corrected chi connectivity index (χ2v) is 5.19. The topological polar surface area (TPSA) is 26.3 Å². The molecule has 0 N–H and O–H groups in total. The first-order chi connectivity index (χ1) is 9.11. The highest BCUT2D eigenvalue weighted by Crippen LogP contribution is 2.24. The standard InChI is InChI=1S/C16H15BrO2/c1-3-19-15-8-7-11(2)9-14(15)16(18)12-5-4-6-13(17)10-12/h4-10H,3H2,1-2H3. The van der Waals surface area contributed by atoms with Crippen LogP contribution in [0.3, 0.4) is 0 Å². The smallest absolute Gasteiger partial charge is 0.196 e. The Morgan fingerprint density at radius 1 is 1.21 bits per heavy atom. The van der Waals surface area contributed by atoms with E-state index in [0.29, 0.717) is 23.5 Å². The second kappa shape index (κ2) is 6.02. The first-order valence-corrected chi connectivity index (χ1v) is 6.95. The molecule has 0 radical (unpaired) electrons. The molecule has 0 saturated carbocycles. The molecule has 0 bridgehead atoms. The molecule has 2 aromatic carbocycles. The number of carbonyl (C=O) groups excluding carboxylic acids is 1. The van der Waals surface area contributed by atoms with Crippen LogP contribution in [0.1, 0.15) is 28.4 Å². The van der Waals surface area contributed by atoms with Gasteiger partial charge in [-0.15, -0.1) is 0 Å². The summed E-state index contributed by atoms with van der Waals surface area (Å²) in [7, 11) is 0. The lowest BCUT2D eigenvalue weighted by Gasteiger charge is -2.10. The van der Waals surface area contributed by atoms with Crippen LogP contribution in [-0.2, 0) is 0 Å². The first kappa shape index (κ1) is 13.8. The first-order valence-electron chi connectivity index (χ1n) is 6.15. The van der Waals surface area contributed by atoms with Gasteiger partial charge in [-0.1, -0.05) is 39.7 Å². The van der Waals surface area contributed by atoms with Gasteiger partial charge < -0.3 is 4.74 Å². The van der Waals surface area contributed by atoms with Crippen molar-refractivity contribution < 1.29 is 9.53 Å². The Hall–Kier alpha value is -1.61. The van der Waals surface area contributed by atoms with E-state index in [-0.39, 0.29) is 5.78 Å². The fraction of sp³-hybridized carbons (Fsp3) is 0.188. The minimum absolute atomic E-state index is 0.0200. The summed E-state index contributed by atoms with van der Waals surface area (Å²) in [6.45, 7) is 4.42. The molecule has 0 saturated heterocycles. The average Bonchev–Trinajstić information content (AvgIpc) is 2.40. The predicted octanol–water partition coefficient (Wildman–Crippen LogP) is 4.39. The largest absolute Gasteiger partial charge is 0.493 e. The molecular formula is C16H15BrO2. The Balaban J connectivity index is 2.45. The van der Waals surface area contributed by atoms with Crippen LogP contribution in [-0.4, -0.2) is 12.4 Å². The van der Waals surface area contributed by atoms with Gasteiger partial charge in [0.1, 0.15) is 5.75 Å². The summed E-state index contributed by atoms with van der Waals surface area (Å²) < 4.78 is 6.42. The summed E-state index contributed by atoms with van der Waals surface area (Å²) in [5.41, 5.74) is 2.31.